The van der Waals surface area contributed by atoms with E-state index in [0.717, 1.165) is 0 Å². The molecule has 0 unspecified atom stereocenters. The Balaban J connectivity index is 2.50. The zero-order chi connectivity index (χ0) is 12.9. The van der Waals surface area contributed by atoms with Crippen LogP contribution in [-0.4, -0.2) is 0 Å². The highest BCUT2D eigenvalue weighted by Crippen LogP contribution is 2.34. The minimum absolute atomic E-state index is 0.136. The van der Waals surface area contributed by atoms with Crippen molar-refractivity contribution in [3.05, 3.63) is 47.0 Å². The molecule has 3 rings (SSSR count). The van der Waals surface area contributed by atoms with Crippen molar-refractivity contribution in [2.45, 2.75) is 20.3 Å². The monoisotopic (exact) mass is 246 g/mol. The summed E-state index contributed by atoms with van der Waals surface area (Å²) >= 11 is 0. The van der Waals surface area contributed by atoms with Gasteiger partial charge in [-0.1, -0.05) is 25.1 Å². The number of hydrogen-bond donors (Lipinski definition) is 0. The van der Waals surface area contributed by atoms with Crippen molar-refractivity contribution < 1.29 is 13.2 Å². The molecule has 2 aromatic carbocycles. The standard InChI is InChI=1S/C15H12F2O/c1-3-9-5-7-11-10-6-4-8(2)12(16)14(10)18-15(11)13(9)17/h4-7H,3H2,1-2H3. The molecular formula is C15H12F2O. The molecule has 0 saturated heterocycles. The average Bonchev–Trinajstić information content (AvgIpc) is 2.75. The molecule has 0 saturated carbocycles. The molecule has 1 heterocycles. The van der Waals surface area contributed by atoms with Gasteiger partial charge >= 0.3 is 0 Å². The summed E-state index contributed by atoms with van der Waals surface area (Å²) in [6.45, 7) is 3.54. The Morgan fingerprint density at radius 1 is 0.944 bits per heavy atom. The summed E-state index contributed by atoms with van der Waals surface area (Å²) < 4.78 is 33.4. The molecular weight excluding hydrogens is 234 g/mol. The van der Waals surface area contributed by atoms with Crippen LogP contribution in [0.3, 0.4) is 0 Å². The van der Waals surface area contributed by atoms with Crippen LogP contribution in [-0.2, 0) is 6.42 Å². The second-order valence-electron chi connectivity index (χ2n) is 4.44. The van der Waals surface area contributed by atoms with Crippen LogP contribution in [0.5, 0.6) is 0 Å². The van der Waals surface area contributed by atoms with Gasteiger partial charge < -0.3 is 4.42 Å². The second-order valence-corrected chi connectivity index (χ2v) is 4.44. The first kappa shape index (κ1) is 11.2. The molecule has 92 valence electrons. The molecule has 0 bridgehead atoms. The summed E-state index contributed by atoms with van der Waals surface area (Å²) in [5.74, 6) is -0.801. The van der Waals surface area contributed by atoms with Gasteiger partial charge in [-0.3, -0.25) is 0 Å². The summed E-state index contributed by atoms with van der Waals surface area (Å²) in [5.41, 5.74) is 1.36. The Morgan fingerprint density at radius 2 is 1.56 bits per heavy atom. The van der Waals surface area contributed by atoms with Crippen LogP contribution >= 0.6 is 0 Å². The lowest BCUT2D eigenvalue weighted by Gasteiger charge is -1.98. The summed E-state index contributed by atoms with van der Waals surface area (Å²) in [4.78, 5) is 0. The SMILES string of the molecule is CCc1ccc2c(oc3c(F)c(C)ccc32)c1F. The van der Waals surface area contributed by atoms with E-state index in [0.29, 0.717) is 28.3 Å². The van der Waals surface area contributed by atoms with E-state index in [2.05, 4.69) is 0 Å². The molecule has 0 radical (unpaired) electrons. The van der Waals surface area contributed by atoms with Crippen LogP contribution in [0.1, 0.15) is 18.1 Å². The topological polar surface area (TPSA) is 13.1 Å². The molecule has 0 aliphatic rings. The third-order valence-electron chi connectivity index (χ3n) is 3.34. The van der Waals surface area contributed by atoms with Crippen molar-refractivity contribution in [1.82, 2.24) is 0 Å². The molecule has 1 aromatic heterocycles. The lowest BCUT2D eigenvalue weighted by Crippen LogP contribution is -1.86. The number of halogens is 2. The zero-order valence-corrected chi connectivity index (χ0v) is 10.2. The molecule has 0 aliphatic heterocycles. The summed E-state index contributed by atoms with van der Waals surface area (Å²) in [6, 6.07) is 6.96. The van der Waals surface area contributed by atoms with Crippen LogP contribution in [0.4, 0.5) is 8.78 Å². The average molecular weight is 246 g/mol. The van der Waals surface area contributed by atoms with E-state index < -0.39 is 5.82 Å². The normalized spacial score (nSPS) is 11.6. The van der Waals surface area contributed by atoms with Gasteiger partial charge in [0, 0.05) is 10.8 Å². The van der Waals surface area contributed by atoms with Crippen molar-refractivity contribution in [2.75, 3.05) is 0 Å². The van der Waals surface area contributed by atoms with Crippen LogP contribution in [0.15, 0.2) is 28.7 Å². The van der Waals surface area contributed by atoms with E-state index in [1.54, 1.807) is 31.2 Å². The highest BCUT2D eigenvalue weighted by Gasteiger charge is 2.16. The van der Waals surface area contributed by atoms with Crippen molar-refractivity contribution in [2.24, 2.45) is 0 Å². The van der Waals surface area contributed by atoms with Gasteiger partial charge in [0.25, 0.3) is 0 Å². The fraction of sp³-hybridized carbons (Fsp3) is 0.200. The largest absolute Gasteiger partial charge is 0.450 e. The Labute approximate surface area is 103 Å². The van der Waals surface area contributed by atoms with Gasteiger partial charge in [-0.05, 0) is 30.5 Å². The summed E-state index contributed by atoms with van der Waals surface area (Å²) in [6.07, 6.45) is 0.584. The van der Waals surface area contributed by atoms with E-state index in [4.69, 9.17) is 4.42 Å². The number of rotatable bonds is 1. The molecule has 18 heavy (non-hydrogen) atoms. The molecule has 0 N–H and O–H groups in total. The minimum Gasteiger partial charge on any atom is -0.450 e. The molecule has 0 fully saturated rings. The second kappa shape index (κ2) is 3.80. The van der Waals surface area contributed by atoms with Gasteiger partial charge in [-0.2, -0.15) is 0 Å². The van der Waals surface area contributed by atoms with Crippen molar-refractivity contribution in [3.63, 3.8) is 0 Å². The van der Waals surface area contributed by atoms with E-state index in [1.165, 1.54) is 0 Å². The van der Waals surface area contributed by atoms with E-state index in [9.17, 15) is 8.78 Å². The Bertz CT molecular complexity index is 756. The zero-order valence-electron chi connectivity index (χ0n) is 10.2. The fourth-order valence-corrected chi connectivity index (χ4v) is 2.25. The van der Waals surface area contributed by atoms with Crippen LogP contribution in [0, 0.1) is 18.6 Å². The van der Waals surface area contributed by atoms with Gasteiger partial charge in [0.15, 0.2) is 22.8 Å². The van der Waals surface area contributed by atoms with E-state index in [1.807, 2.05) is 6.92 Å². The highest BCUT2D eigenvalue weighted by molar-refractivity contribution is 6.05. The number of aryl methyl sites for hydroxylation is 2. The number of furan rings is 1. The smallest absolute Gasteiger partial charge is 0.171 e. The number of benzene rings is 2. The lowest BCUT2D eigenvalue weighted by molar-refractivity contribution is 0.550. The van der Waals surface area contributed by atoms with Gasteiger partial charge in [0.1, 0.15) is 0 Å². The third kappa shape index (κ3) is 1.37. The summed E-state index contributed by atoms with van der Waals surface area (Å²) in [7, 11) is 0. The fourth-order valence-electron chi connectivity index (χ4n) is 2.25. The molecule has 0 aliphatic carbocycles. The Morgan fingerprint density at radius 3 is 2.22 bits per heavy atom. The predicted octanol–water partition coefficient (Wildman–Crippen LogP) is 4.74. The first-order valence-corrected chi connectivity index (χ1v) is 5.92. The van der Waals surface area contributed by atoms with Gasteiger partial charge in [-0.15, -0.1) is 0 Å². The van der Waals surface area contributed by atoms with Gasteiger partial charge in [-0.25, -0.2) is 8.78 Å². The van der Waals surface area contributed by atoms with Gasteiger partial charge in [0.2, 0.25) is 0 Å². The molecule has 0 amide bonds. The summed E-state index contributed by atoms with van der Waals surface area (Å²) in [5, 5.41) is 1.24. The quantitative estimate of drug-likeness (QED) is 0.604. The van der Waals surface area contributed by atoms with Crippen molar-refractivity contribution in [1.29, 1.82) is 0 Å². The van der Waals surface area contributed by atoms with Crippen molar-refractivity contribution in [3.8, 4) is 0 Å². The lowest BCUT2D eigenvalue weighted by atomic mass is 10.1. The van der Waals surface area contributed by atoms with Crippen LogP contribution < -0.4 is 0 Å². The Kier molecular flexibility index (Phi) is 2.37. The molecule has 1 nitrogen and oxygen atoms in total. The highest BCUT2D eigenvalue weighted by atomic mass is 19.1. The maximum Gasteiger partial charge on any atom is 0.171 e. The Hall–Kier alpha value is -1.90. The maximum absolute atomic E-state index is 14.1. The van der Waals surface area contributed by atoms with Crippen molar-refractivity contribution >= 4 is 21.9 Å². The minimum atomic E-state index is -0.416. The molecule has 3 heteroatoms. The van der Waals surface area contributed by atoms with Gasteiger partial charge in [0.05, 0.1) is 0 Å². The van der Waals surface area contributed by atoms with E-state index in [-0.39, 0.29) is 17.0 Å². The number of fused-ring (bicyclic) bond motifs is 3. The van der Waals surface area contributed by atoms with Crippen LogP contribution in [0.2, 0.25) is 0 Å². The number of hydrogen-bond acceptors (Lipinski definition) is 1. The first-order chi connectivity index (χ1) is 8.63. The van der Waals surface area contributed by atoms with E-state index >= 15 is 0 Å². The third-order valence-corrected chi connectivity index (χ3v) is 3.34. The molecule has 3 aromatic rings. The maximum atomic E-state index is 14.1. The molecule has 0 atom stereocenters. The van der Waals surface area contributed by atoms with Crippen LogP contribution in [0.25, 0.3) is 21.9 Å². The first-order valence-electron chi connectivity index (χ1n) is 5.92. The predicted molar refractivity (Wildman–Crippen MR) is 67.8 cm³/mol. The molecule has 0 spiro atoms.